The van der Waals surface area contributed by atoms with Gasteiger partial charge in [-0.1, -0.05) is 12.1 Å². The smallest absolute Gasteiger partial charge is 0.101 e. The van der Waals surface area contributed by atoms with Gasteiger partial charge < -0.3 is 10.2 Å². The van der Waals surface area contributed by atoms with Crippen LogP contribution in [0, 0.1) is 18.3 Å². The molecule has 1 fully saturated rings. The maximum Gasteiger partial charge on any atom is 0.101 e. The van der Waals surface area contributed by atoms with Crippen LogP contribution in [0.3, 0.4) is 0 Å². The Morgan fingerprint density at radius 2 is 2.26 bits per heavy atom. The average Bonchev–Trinajstić information content (AvgIpc) is 2.45. The van der Waals surface area contributed by atoms with Crippen molar-refractivity contribution in [2.24, 2.45) is 0 Å². The summed E-state index contributed by atoms with van der Waals surface area (Å²) in [5.41, 5.74) is 3.19. The monoisotopic (exact) mass is 257 g/mol. The molecule has 0 amide bonds. The molecule has 0 saturated carbocycles. The highest BCUT2D eigenvalue weighted by atomic mass is 15.2. The molecule has 1 unspecified atom stereocenters. The van der Waals surface area contributed by atoms with Crippen LogP contribution in [-0.4, -0.2) is 26.2 Å². The van der Waals surface area contributed by atoms with Crippen LogP contribution in [0.1, 0.15) is 36.8 Å². The molecular weight excluding hydrogens is 234 g/mol. The van der Waals surface area contributed by atoms with Gasteiger partial charge in [0, 0.05) is 12.6 Å². The number of hydrogen-bond donors (Lipinski definition) is 1. The van der Waals surface area contributed by atoms with Crippen molar-refractivity contribution in [2.75, 3.05) is 25.0 Å². The fourth-order valence-corrected chi connectivity index (χ4v) is 3.04. The molecule has 1 aliphatic rings. The number of anilines is 1. The van der Waals surface area contributed by atoms with E-state index in [-0.39, 0.29) is 0 Å². The number of nitriles is 1. The third-order valence-corrected chi connectivity index (χ3v) is 4.00. The maximum atomic E-state index is 9.35. The van der Waals surface area contributed by atoms with Crippen molar-refractivity contribution in [3.8, 4) is 6.07 Å². The van der Waals surface area contributed by atoms with Crippen LogP contribution in [0.15, 0.2) is 18.2 Å². The molecule has 1 aromatic carbocycles. The zero-order chi connectivity index (χ0) is 13.7. The SMILES string of the molecule is CNCCC1CCCCN1c1c(C)cccc1C#N. The molecule has 2 rings (SSSR count). The maximum absolute atomic E-state index is 9.35. The third kappa shape index (κ3) is 3.08. The number of nitrogens with zero attached hydrogens (tertiary/aromatic N) is 2. The van der Waals surface area contributed by atoms with Crippen molar-refractivity contribution in [1.29, 1.82) is 5.26 Å². The van der Waals surface area contributed by atoms with E-state index in [2.05, 4.69) is 29.3 Å². The van der Waals surface area contributed by atoms with Gasteiger partial charge in [0.2, 0.25) is 0 Å². The lowest BCUT2D eigenvalue weighted by molar-refractivity contribution is 0.432. The lowest BCUT2D eigenvalue weighted by Gasteiger charge is -2.39. The first-order chi connectivity index (χ1) is 9.27. The number of nitrogens with one attached hydrogen (secondary N) is 1. The molecule has 0 aromatic heterocycles. The van der Waals surface area contributed by atoms with Gasteiger partial charge in [0.25, 0.3) is 0 Å². The van der Waals surface area contributed by atoms with Crippen LogP contribution in [0.2, 0.25) is 0 Å². The Kier molecular flexibility index (Phi) is 4.81. The second-order valence-electron chi connectivity index (χ2n) is 5.32. The summed E-state index contributed by atoms with van der Waals surface area (Å²) in [5.74, 6) is 0. The first-order valence-corrected chi connectivity index (χ1v) is 7.19. The average molecular weight is 257 g/mol. The topological polar surface area (TPSA) is 39.1 Å². The van der Waals surface area contributed by atoms with Crippen LogP contribution in [-0.2, 0) is 0 Å². The second kappa shape index (κ2) is 6.58. The van der Waals surface area contributed by atoms with Crippen LogP contribution >= 0.6 is 0 Å². The van der Waals surface area contributed by atoms with E-state index in [0.717, 1.165) is 30.8 Å². The molecule has 3 heteroatoms. The largest absolute Gasteiger partial charge is 0.367 e. The molecule has 0 spiro atoms. The summed E-state index contributed by atoms with van der Waals surface area (Å²) in [4.78, 5) is 2.47. The first-order valence-electron chi connectivity index (χ1n) is 7.19. The summed E-state index contributed by atoms with van der Waals surface area (Å²) < 4.78 is 0. The van der Waals surface area contributed by atoms with E-state index in [4.69, 9.17) is 0 Å². The van der Waals surface area contributed by atoms with E-state index in [9.17, 15) is 5.26 Å². The van der Waals surface area contributed by atoms with Crippen LogP contribution in [0.4, 0.5) is 5.69 Å². The third-order valence-electron chi connectivity index (χ3n) is 4.00. The predicted molar refractivity (Wildman–Crippen MR) is 79.4 cm³/mol. The number of benzene rings is 1. The molecule has 102 valence electrons. The van der Waals surface area contributed by atoms with Crippen molar-refractivity contribution < 1.29 is 0 Å². The van der Waals surface area contributed by atoms with Gasteiger partial charge in [0.05, 0.1) is 11.3 Å². The standard InChI is InChI=1S/C16H23N3/c1-13-6-5-7-14(12-17)16(13)19-11-4-3-8-15(19)9-10-18-2/h5-7,15,18H,3-4,8-11H2,1-2H3. The fourth-order valence-electron chi connectivity index (χ4n) is 3.04. The van der Waals surface area contributed by atoms with E-state index in [1.54, 1.807) is 0 Å². The van der Waals surface area contributed by atoms with Gasteiger partial charge in [-0.05, 0) is 57.8 Å². The highest BCUT2D eigenvalue weighted by molar-refractivity contribution is 5.64. The number of hydrogen-bond acceptors (Lipinski definition) is 3. The molecule has 1 saturated heterocycles. The number of aryl methyl sites for hydroxylation is 1. The Hall–Kier alpha value is -1.53. The molecule has 19 heavy (non-hydrogen) atoms. The summed E-state index contributed by atoms with van der Waals surface area (Å²) >= 11 is 0. The first kappa shape index (κ1) is 13.9. The lowest BCUT2D eigenvalue weighted by atomic mass is 9.96. The molecule has 0 aliphatic carbocycles. The summed E-state index contributed by atoms with van der Waals surface area (Å²) in [6.45, 7) is 4.22. The van der Waals surface area contributed by atoms with E-state index in [1.165, 1.54) is 24.8 Å². The summed E-state index contributed by atoms with van der Waals surface area (Å²) in [5, 5.41) is 12.6. The van der Waals surface area contributed by atoms with Gasteiger partial charge in [-0.15, -0.1) is 0 Å². The Morgan fingerprint density at radius 3 is 3.00 bits per heavy atom. The van der Waals surface area contributed by atoms with E-state index in [1.807, 2.05) is 19.2 Å². The fraction of sp³-hybridized carbons (Fsp3) is 0.562. The van der Waals surface area contributed by atoms with Gasteiger partial charge >= 0.3 is 0 Å². The molecule has 1 aliphatic heterocycles. The highest BCUT2D eigenvalue weighted by Crippen LogP contribution is 2.31. The number of piperidine rings is 1. The second-order valence-corrected chi connectivity index (χ2v) is 5.32. The summed E-state index contributed by atoms with van der Waals surface area (Å²) in [6.07, 6.45) is 4.92. The zero-order valence-corrected chi connectivity index (χ0v) is 11.9. The normalized spacial score (nSPS) is 19.2. The predicted octanol–water partition coefficient (Wildman–Crippen LogP) is 2.84. The molecule has 1 aromatic rings. The van der Waals surface area contributed by atoms with Crippen LogP contribution in [0.25, 0.3) is 0 Å². The minimum Gasteiger partial charge on any atom is -0.367 e. The lowest BCUT2D eigenvalue weighted by Crippen LogP contribution is -2.41. The molecule has 3 nitrogen and oxygen atoms in total. The minimum absolute atomic E-state index is 0.564. The Balaban J connectivity index is 2.29. The molecular formula is C16H23N3. The zero-order valence-electron chi connectivity index (χ0n) is 11.9. The van der Waals surface area contributed by atoms with Crippen molar-refractivity contribution >= 4 is 5.69 Å². The van der Waals surface area contributed by atoms with Gasteiger partial charge in [0.15, 0.2) is 0 Å². The molecule has 1 N–H and O–H groups in total. The van der Waals surface area contributed by atoms with Crippen molar-refractivity contribution in [1.82, 2.24) is 5.32 Å². The molecule has 1 atom stereocenters. The van der Waals surface area contributed by atoms with Crippen LogP contribution < -0.4 is 10.2 Å². The highest BCUT2D eigenvalue weighted by Gasteiger charge is 2.25. The molecule has 1 heterocycles. The van der Waals surface area contributed by atoms with Gasteiger partial charge in [-0.25, -0.2) is 0 Å². The Bertz CT molecular complexity index is 462. The van der Waals surface area contributed by atoms with E-state index in [0.29, 0.717) is 6.04 Å². The summed E-state index contributed by atoms with van der Waals surface area (Å²) in [7, 11) is 2.00. The minimum atomic E-state index is 0.564. The quantitative estimate of drug-likeness (QED) is 0.901. The number of rotatable bonds is 4. The van der Waals surface area contributed by atoms with Crippen molar-refractivity contribution in [2.45, 2.75) is 38.6 Å². The van der Waals surface area contributed by atoms with E-state index >= 15 is 0 Å². The number of para-hydroxylation sites is 1. The Labute approximate surface area is 116 Å². The van der Waals surface area contributed by atoms with Gasteiger partial charge in [-0.2, -0.15) is 5.26 Å². The molecule has 0 radical (unpaired) electrons. The van der Waals surface area contributed by atoms with Crippen molar-refractivity contribution in [3.63, 3.8) is 0 Å². The van der Waals surface area contributed by atoms with Crippen molar-refractivity contribution in [3.05, 3.63) is 29.3 Å². The van der Waals surface area contributed by atoms with Crippen LogP contribution in [0.5, 0.6) is 0 Å². The van der Waals surface area contributed by atoms with Gasteiger partial charge in [0.1, 0.15) is 6.07 Å². The summed E-state index contributed by atoms with van der Waals surface area (Å²) in [6, 6.07) is 8.94. The Morgan fingerprint density at radius 1 is 1.42 bits per heavy atom. The van der Waals surface area contributed by atoms with Gasteiger partial charge in [-0.3, -0.25) is 0 Å². The molecule has 0 bridgehead atoms. The van der Waals surface area contributed by atoms with E-state index < -0.39 is 0 Å².